The fourth-order valence-corrected chi connectivity index (χ4v) is 4.61. The van der Waals surface area contributed by atoms with Crippen LogP contribution in [0, 0.1) is 12.8 Å². The first-order chi connectivity index (χ1) is 17.0. The van der Waals surface area contributed by atoms with E-state index < -0.39 is 5.91 Å². The Morgan fingerprint density at radius 3 is 2.74 bits per heavy atom. The molecule has 1 fully saturated rings. The average Bonchev–Trinajstić information content (AvgIpc) is 3.56. The Bertz CT molecular complexity index is 1380. The maximum Gasteiger partial charge on any atom is 0.250 e. The third-order valence-electron chi connectivity index (χ3n) is 5.69. The minimum atomic E-state index is -0.455. The minimum absolute atomic E-state index is 0.455. The zero-order valence-electron chi connectivity index (χ0n) is 19.6. The van der Waals surface area contributed by atoms with Crippen LogP contribution in [0.5, 0.6) is 10.8 Å². The van der Waals surface area contributed by atoms with Gasteiger partial charge < -0.3 is 15.8 Å². The number of carbonyl (C=O) groups excluding carboxylic acids is 1. The summed E-state index contributed by atoms with van der Waals surface area (Å²) in [6.45, 7) is 4.02. The average molecular weight is 487 g/mol. The number of rotatable bonds is 9. The van der Waals surface area contributed by atoms with Gasteiger partial charge in [-0.1, -0.05) is 24.3 Å². The molecule has 0 atom stereocenters. The Hall–Kier alpha value is -3.85. The first-order valence-electron chi connectivity index (χ1n) is 11.6. The number of aryl methyl sites for hydroxylation is 2. The van der Waals surface area contributed by atoms with E-state index in [-0.39, 0.29) is 0 Å². The van der Waals surface area contributed by atoms with Gasteiger partial charge in [0.1, 0.15) is 23.1 Å². The van der Waals surface area contributed by atoms with Crippen LogP contribution < -0.4 is 15.8 Å². The van der Waals surface area contributed by atoms with Crippen molar-refractivity contribution in [2.75, 3.05) is 5.32 Å². The highest BCUT2D eigenvalue weighted by molar-refractivity contribution is 7.14. The van der Waals surface area contributed by atoms with Crippen molar-refractivity contribution < 1.29 is 9.53 Å². The zero-order valence-corrected chi connectivity index (χ0v) is 20.4. The van der Waals surface area contributed by atoms with E-state index in [9.17, 15) is 4.79 Å². The molecule has 35 heavy (non-hydrogen) atoms. The molecule has 0 bridgehead atoms. The largest absolute Gasteiger partial charge is 0.444 e. The second kappa shape index (κ2) is 9.79. The SMILES string of the molecule is CCc1nc(-c2cccc(C)n2)c(Oc2ccnc(Nc3ccc(C(N)=O)c(CC4CC4)n3)c2)s1. The Balaban J connectivity index is 1.39. The second-order valence-electron chi connectivity index (χ2n) is 8.57. The molecule has 0 radical (unpaired) electrons. The van der Waals surface area contributed by atoms with E-state index in [0.717, 1.165) is 53.5 Å². The zero-order chi connectivity index (χ0) is 24.4. The van der Waals surface area contributed by atoms with Crippen LogP contribution in [-0.4, -0.2) is 25.8 Å². The van der Waals surface area contributed by atoms with Crippen LogP contribution >= 0.6 is 11.3 Å². The van der Waals surface area contributed by atoms with E-state index in [0.29, 0.717) is 33.9 Å². The molecule has 8 nitrogen and oxygen atoms in total. The number of nitrogens with zero attached hydrogens (tertiary/aromatic N) is 4. The molecular weight excluding hydrogens is 460 g/mol. The topological polar surface area (TPSA) is 116 Å². The molecule has 5 rings (SSSR count). The monoisotopic (exact) mass is 486 g/mol. The van der Waals surface area contributed by atoms with Crippen molar-refractivity contribution in [3.8, 4) is 22.2 Å². The standard InChI is InChI=1S/C26H26N6O2S/c1-3-23-32-24(19-6-4-5-15(2)29-19)26(35-23)34-17-11-12-28-22(14-17)31-21-10-9-18(25(27)33)20(30-21)13-16-7-8-16/h4-6,9-12,14,16H,3,7-8,13H2,1-2H3,(H2,27,33)(H,28,30,31). The summed E-state index contributed by atoms with van der Waals surface area (Å²) in [5.74, 6) is 1.92. The van der Waals surface area contributed by atoms with Crippen molar-refractivity contribution in [3.63, 3.8) is 0 Å². The van der Waals surface area contributed by atoms with Gasteiger partial charge in [-0.2, -0.15) is 0 Å². The van der Waals surface area contributed by atoms with Gasteiger partial charge in [-0.25, -0.2) is 15.0 Å². The maximum absolute atomic E-state index is 11.8. The van der Waals surface area contributed by atoms with Crippen LogP contribution in [0.15, 0.2) is 48.7 Å². The highest BCUT2D eigenvalue weighted by Crippen LogP contribution is 2.38. The lowest BCUT2D eigenvalue weighted by Crippen LogP contribution is -2.15. The first-order valence-corrected chi connectivity index (χ1v) is 12.4. The fourth-order valence-electron chi connectivity index (χ4n) is 3.73. The first kappa shape index (κ1) is 22.9. The smallest absolute Gasteiger partial charge is 0.250 e. The van der Waals surface area contributed by atoms with Gasteiger partial charge in [-0.3, -0.25) is 9.78 Å². The quantitative estimate of drug-likeness (QED) is 0.323. The Labute approximate surface area is 207 Å². The van der Waals surface area contributed by atoms with Crippen LogP contribution in [0.3, 0.4) is 0 Å². The number of aromatic nitrogens is 4. The summed E-state index contributed by atoms with van der Waals surface area (Å²) in [6, 6.07) is 12.9. The highest BCUT2D eigenvalue weighted by Gasteiger charge is 2.25. The number of nitrogens with one attached hydrogen (secondary N) is 1. The van der Waals surface area contributed by atoms with Gasteiger partial charge in [-0.05, 0) is 68.9 Å². The number of amides is 1. The lowest BCUT2D eigenvalue weighted by atomic mass is 10.1. The number of nitrogens with two attached hydrogens (primary N) is 1. The molecule has 178 valence electrons. The van der Waals surface area contributed by atoms with E-state index in [1.807, 2.05) is 31.2 Å². The number of pyridine rings is 3. The summed E-state index contributed by atoms with van der Waals surface area (Å²) < 4.78 is 6.25. The minimum Gasteiger partial charge on any atom is -0.444 e. The second-order valence-corrected chi connectivity index (χ2v) is 9.61. The molecule has 0 spiro atoms. The molecule has 4 aromatic heterocycles. The number of hydrogen-bond acceptors (Lipinski definition) is 8. The molecule has 4 aromatic rings. The molecule has 1 saturated carbocycles. The Morgan fingerprint density at radius 2 is 2.00 bits per heavy atom. The van der Waals surface area contributed by atoms with Gasteiger partial charge in [0.25, 0.3) is 5.91 Å². The molecule has 0 unspecified atom stereocenters. The van der Waals surface area contributed by atoms with Gasteiger partial charge in [0.2, 0.25) is 5.06 Å². The summed E-state index contributed by atoms with van der Waals surface area (Å²) in [7, 11) is 0. The van der Waals surface area contributed by atoms with Crippen molar-refractivity contribution in [1.29, 1.82) is 0 Å². The normalized spacial score (nSPS) is 13.0. The van der Waals surface area contributed by atoms with E-state index in [2.05, 4.69) is 27.2 Å². The van der Waals surface area contributed by atoms with E-state index in [1.54, 1.807) is 24.4 Å². The summed E-state index contributed by atoms with van der Waals surface area (Å²) in [5.41, 5.74) is 9.18. The summed E-state index contributed by atoms with van der Waals surface area (Å²) in [5, 5.41) is 4.89. The van der Waals surface area contributed by atoms with Gasteiger partial charge in [0, 0.05) is 18.0 Å². The van der Waals surface area contributed by atoms with E-state index >= 15 is 0 Å². The molecule has 9 heteroatoms. The number of hydrogen-bond donors (Lipinski definition) is 2. The van der Waals surface area contributed by atoms with Crippen molar-refractivity contribution in [2.45, 2.75) is 39.5 Å². The van der Waals surface area contributed by atoms with Crippen molar-refractivity contribution in [2.24, 2.45) is 11.7 Å². The van der Waals surface area contributed by atoms with Crippen LogP contribution in [0.25, 0.3) is 11.4 Å². The molecule has 4 heterocycles. The maximum atomic E-state index is 11.8. The number of primary amides is 1. The molecule has 0 aromatic carbocycles. The van der Waals surface area contributed by atoms with Crippen molar-refractivity contribution >= 4 is 28.9 Å². The third-order valence-corrected chi connectivity index (χ3v) is 6.77. The Morgan fingerprint density at radius 1 is 1.14 bits per heavy atom. The van der Waals surface area contributed by atoms with E-state index in [1.165, 1.54) is 11.3 Å². The van der Waals surface area contributed by atoms with Crippen LogP contribution in [0.2, 0.25) is 0 Å². The predicted octanol–water partition coefficient (Wildman–Crippen LogP) is 5.45. The lowest BCUT2D eigenvalue weighted by molar-refractivity contribution is 0.0999. The van der Waals surface area contributed by atoms with Gasteiger partial charge in [0.15, 0.2) is 0 Å². The summed E-state index contributed by atoms with van der Waals surface area (Å²) in [4.78, 5) is 30.2. The van der Waals surface area contributed by atoms with Crippen LogP contribution in [0.1, 0.15) is 46.5 Å². The predicted molar refractivity (Wildman–Crippen MR) is 136 cm³/mol. The summed E-state index contributed by atoms with van der Waals surface area (Å²) in [6.07, 6.45) is 5.57. The molecule has 0 saturated heterocycles. The van der Waals surface area contributed by atoms with E-state index in [4.69, 9.17) is 15.5 Å². The number of thiazole rings is 1. The molecule has 1 aliphatic carbocycles. The van der Waals surface area contributed by atoms with Crippen molar-refractivity contribution in [1.82, 2.24) is 19.9 Å². The number of ether oxygens (including phenoxy) is 1. The molecule has 0 aliphatic heterocycles. The highest BCUT2D eigenvalue weighted by atomic mass is 32.1. The lowest BCUT2D eigenvalue weighted by Gasteiger charge is -2.11. The molecule has 1 aliphatic rings. The van der Waals surface area contributed by atoms with Gasteiger partial charge in [0.05, 0.1) is 22.0 Å². The van der Waals surface area contributed by atoms with Gasteiger partial charge >= 0.3 is 0 Å². The molecule has 3 N–H and O–H groups in total. The molecular formula is C26H26N6O2S. The van der Waals surface area contributed by atoms with Gasteiger partial charge in [-0.15, -0.1) is 0 Å². The van der Waals surface area contributed by atoms with Crippen LogP contribution in [-0.2, 0) is 12.8 Å². The fraction of sp³-hybridized carbons (Fsp3) is 0.269. The summed E-state index contributed by atoms with van der Waals surface area (Å²) >= 11 is 1.51. The third kappa shape index (κ3) is 5.46. The number of anilines is 2. The molecule has 1 amide bonds. The number of carbonyl (C=O) groups is 1. The Kier molecular flexibility index (Phi) is 6.41. The van der Waals surface area contributed by atoms with Crippen molar-refractivity contribution in [3.05, 3.63) is 70.6 Å². The van der Waals surface area contributed by atoms with Crippen LogP contribution in [0.4, 0.5) is 11.6 Å².